The highest BCUT2D eigenvalue weighted by atomic mass is 16.5. The molecule has 2 aromatic heterocycles. The molecule has 2 saturated heterocycles. The first-order valence-electron chi connectivity index (χ1n) is 9.96. The molecule has 5 nitrogen and oxygen atoms in total. The summed E-state index contributed by atoms with van der Waals surface area (Å²) in [7, 11) is 2.29. The van der Waals surface area contributed by atoms with E-state index in [0.29, 0.717) is 18.1 Å². The molecule has 0 aliphatic carbocycles. The number of likely N-dealkylation sites (tertiary alicyclic amines) is 2. The smallest absolute Gasteiger partial charge is 0.0731 e. The molecule has 0 aromatic carbocycles. The molecular weight excluding hydrogens is 336 g/mol. The largest absolute Gasteiger partial charge is 0.376 e. The summed E-state index contributed by atoms with van der Waals surface area (Å²) in [5.41, 5.74) is 3.76. The Hall–Kier alpha value is -1.82. The van der Waals surface area contributed by atoms with Gasteiger partial charge in [-0.15, -0.1) is 0 Å². The summed E-state index contributed by atoms with van der Waals surface area (Å²) >= 11 is 0. The Labute approximate surface area is 162 Å². The van der Waals surface area contributed by atoms with Gasteiger partial charge in [-0.05, 0) is 63.0 Å². The van der Waals surface area contributed by atoms with E-state index in [1.807, 2.05) is 12.3 Å². The fourth-order valence-electron chi connectivity index (χ4n) is 4.56. The monoisotopic (exact) mass is 366 g/mol. The third-order valence-corrected chi connectivity index (χ3v) is 6.06. The Kier molecular flexibility index (Phi) is 5.53. The number of hydrogen-bond acceptors (Lipinski definition) is 5. The van der Waals surface area contributed by atoms with Crippen LogP contribution in [0.4, 0.5) is 0 Å². The lowest BCUT2D eigenvalue weighted by Gasteiger charge is -2.58. The average Bonchev–Trinajstić information content (AvgIpc) is 2.64. The van der Waals surface area contributed by atoms with Gasteiger partial charge in [0.15, 0.2) is 0 Å². The van der Waals surface area contributed by atoms with Crippen LogP contribution in [0.5, 0.6) is 0 Å². The fourth-order valence-corrected chi connectivity index (χ4v) is 4.56. The zero-order chi connectivity index (χ0) is 18.7. The van der Waals surface area contributed by atoms with Crippen molar-refractivity contribution in [3.63, 3.8) is 0 Å². The molecule has 4 heterocycles. The van der Waals surface area contributed by atoms with Crippen LogP contribution in [-0.2, 0) is 17.9 Å². The molecule has 0 saturated carbocycles. The Morgan fingerprint density at radius 1 is 1.22 bits per heavy atom. The molecule has 2 aliphatic rings. The van der Waals surface area contributed by atoms with E-state index in [1.54, 1.807) is 6.20 Å². The van der Waals surface area contributed by atoms with Gasteiger partial charge in [0.1, 0.15) is 0 Å². The molecule has 0 amide bonds. The predicted octanol–water partition coefficient (Wildman–Crippen LogP) is 2.90. The highest BCUT2D eigenvalue weighted by Gasteiger charge is 2.49. The van der Waals surface area contributed by atoms with Gasteiger partial charge in [0.2, 0.25) is 0 Å². The van der Waals surface area contributed by atoms with Crippen molar-refractivity contribution in [3.05, 3.63) is 59.7 Å². The van der Waals surface area contributed by atoms with E-state index >= 15 is 0 Å². The summed E-state index contributed by atoms with van der Waals surface area (Å²) in [5.74, 6) is 0.650. The van der Waals surface area contributed by atoms with Gasteiger partial charge in [0, 0.05) is 49.9 Å². The minimum absolute atomic E-state index is 0.324. The van der Waals surface area contributed by atoms with Crippen LogP contribution in [-0.4, -0.2) is 58.6 Å². The van der Waals surface area contributed by atoms with Crippen molar-refractivity contribution in [1.29, 1.82) is 0 Å². The molecule has 0 N–H and O–H groups in total. The summed E-state index contributed by atoms with van der Waals surface area (Å²) in [6, 6.07) is 10.3. The lowest BCUT2D eigenvalue weighted by atomic mass is 9.75. The van der Waals surface area contributed by atoms with E-state index < -0.39 is 0 Å². The third-order valence-electron chi connectivity index (χ3n) is 6.06. The number of ether oxygens (including phenoxy) is 1. The number of likely N-dealkylation sites (N-methyl/N-ethyl adjacent to an activating group) is 1. The number of nitrogens with zero attached hydrogens (tertiary/aromatic N) is 4. The van der Waals surface area contributed by atoms with E-state index in [0.717, 1.165) is 44.0 Å². The molecule has 2 aromatic rings. The number of aromatic nitrogens is 2. The van der Waals surface area contributed by atoms with Crippen molar-refractivity contribution in [2.75, 3.05) is 33.3 Å². The predicted molar refractivity (Wildman–Crippen MR) is 106 cm³/mol. The van der Waals surface area contributed by atoms with Crippen LogP contribution >= 0.6 is 0 Å². The zero-order valence-corrected chi connectivity index (χ0v) is 16.5. The van der Waals surface area contributed by atoms with Gasteiger partial charge in [-0.2, -0.15) is 0 Å². The van der Waals surface area contributed by atoms with Crippen molar-refractivity contribution < 1.29 is 4.74 Å². The SMILES string of the molecule is Cc1cccc(CN2CC3(C[C@H](COCc4cccnc4)CCN3C)C2)n1. The first-order chi connectivity index (χ1) is 13.1. The van der Waals surface area contributed by atoms with Crippen LogP contribution in [0.1, 0.15) is 29.8 Å². The van der Waals surface area contributed by atoms with Crippen molar-refractivity contribution in [1.82, 2.24) is 19.8 Å². The van der Waals surface area contributed by atoms with Gasteiger partial charge in [0.25, 0.3) is 0 Å². The normalized spacial score (nSPS) is 22.7. The number of pyridine rings is 2. The van der Waals surface area contributed by atoms with Crippen LogP contribution < -0.4 is 0 Å². The van der Waals surface area contributed by atoms with Gasteiger partial charge >= 0.3 is 0 Å². The number of aryl methyl sites for hydroxylation is 1. The second kappa shape index (κ2) is 8.05. The molecule has 0 unspecified atom stereocenters. The zero-order valence-electron chi connectivity index (χ0n) is 16.5. The molecule has 0 bridgehead atoms. The van der Waals surface area contributed by atoms with Crippen LogP contribution in [0.2, 0.25) is 0 Å². The molecule has 2 fully saturated rings. The summed E-state index contributed by atoms with van der Waals surface area (Å²) in [6.45, 7) is 7.97. The standard InChI is InChI=1S/C22H30N4O/c1-18-5-3-7-21(24-18)13-26-16-22(17-26)11-19(8-10-25(22)2)14-27-15-20-6-4-9-23-12-20/h3-7,9,12,19H,8,10-11,13-17H2,1-2H3/t19-/m1/s1. The molecule has 1 atom stereocenters. The minimum Gasteiger partial charge on any atom is -0.376 e. The maximum Gasteiger partial charge on any atom is 0.0731 e. The van der Waals surface area contributed by atoms with Crippen LogP contribution in [0.15, 0.2) is 42.7 Å². The van der Waals surface area contributed by atoms with Crippen molar-refractivity contribution in [2.45, 2.75) is 38.5 Å². The topological polar surface area (TPSA) is 41.5 Å². The minimum atomic E-state index is 0.324. The van der Waals surface area contributed by atoms with Gasteiger partial charge in [-0.1, -0.05) is 12.1 Å². The Morgan fingerprint density at radius 3 is 2.89 bits per heavy atom. The number of piperidine rings is 1. The lowest BCUT2D eigenvalue weighted by Crippen LogP contribution is -2.71. The van der Waals surface area contributed by atoms with E-state index in [4.69, 9.17) is 4.74 Å². The van der Waals surface area contributed by atoms with Crippen LogP contribution in [0.25, 0.3) is 0 Å². The number of rotatable bonds is 6. The third kappa shape index (κ3) is 4.37. The first-order valence-corrected chi connectivity index (χ1v) is 9.96. The highest BCUT2D eigenvalue weighted by Crippen LogP contribution is 2.38. The van der Waals surface area contributed by atoms with Crippen LogP contribution in [0.3, 0.4) is 0 Å². The Bertz CT molecular complexity index is 745. The van der Waals surface area contributed by atoms with Gasteiger partial charge in [0.05, 0.1) is 12.3 Å². The second-order valence-electron chi connectivity index (χ2n) is 8.30. The van der Waals surface area contributed by atoms with Crippen molar-refractivity contribution in [2.24, 2.45) is 5.92 Å². The Balaban J connectivity index is 1.27. The molecule has 144 valence electrons. The van der Waals surface area contributed by atoms with E-state index in [9.17, 15) is 0 Å². The van der Waals surface area contributed by atoms with E-state index in [-0.39, 0.29) is 0 Å². The highest BCUT2D eigenvalue weighted by molar-refractivity contribution is 5.13. The fraction of sp³-hybridized carbons (Fsp3) is 0.545. The summed E-state index contributed by atoms with van der Waals surface area (Å²) in [4.78, 5) is 13.9. The molecular formula is C22H30N4O. The molecule has 5 heteroatoms. The quantitative estimate of drug-likeness (QED) is 0.786. The lowest BCUT2D eigenvalue weighted by molar-refractivity contribution is -0.0939. The maximum absolute atomic E-state index is 6.01. The van der Waals surface area contributed by atoms with E-state index in [2.05, 4.69) is 58.0 Å². The molecule has 0 radical (unpaired) electrons. The maximum atomic E-state index is 6.01. The molecule has 4 rings (SSSR count). The molecule has 2 aliphatic heterocycles. The molecule has 27 heavy (non-hydrogen) atoms. The van der Waals surface area contributed by atoms with E-state index in [1.165, 1.54) is 18.5 Å². The van der Waals surface area contributed by atoms with Crippen molar-refractivity contribution in [3.8, 4) is 0 Å². The second-order valence-corrected chi connectivity index (χ2v) is 8.30. The summed E-state index contributed by atoms with van der Waals surface area (Å²) in [6.07, 6.45) is 6.15. The summed E-state index contributed by atoms with van der Waals surface area (Å²) in [5, 5.41) is 0. The van der Waals surface area contributed by atoms with Gasteiger partial charge in [-0.3, -0.25) is 19.8 Å². The van der Waals surface area contributed by atoms with Crippen molar-refractivity contribution >= 4 is 0 Å². The van der Waals surface area contributed by atoms with Gasteiger partial charge in [-0.25, -0.2) is 0 Å². The number of hydrogen-bond donors (Lipinski definition) is 0. The van der Waals surface area contributed by atoms with Gasteiger partial charge < -0.3 is 4.74 Å². The Morgan fingerprint density at radius 2 is 2.11 bits per heavy atom. The average molecular weight is 367 g/mol. The summed E-state index contributed by atoms with van der Waals surface area (Å²) < 4.78 is 6.01. The first kappa shape index (κ1) is 18.5. The molecule has 1 spiro atoms. The van der Waals surface area contributed by atoms with Crippen LogP contribution in [0, 0.1) is 12.8 Å².